The van der Waals surface area contributed by atoms with Crippen molar-refractivity contribution in [2.24, 2.45) is 0 Å². The van der Waals surface area contributed by atoms with Crippen LogP contribution in [-0.4, -0.2) is 71.3 Å². The van der Waals surface area contributed by atoms with Crippen molar-refractivity contribution in [2.75, 3.05) is 38.2 Å². The second kappa shape index (κ2) is 9.43. The third-order valence-corrected chi connectivity index (χ3v) is 8.53. The number of likely N-dealkylation sites (tertiary alicyclic amines) is 1. The molecule has 7 nitrogen and oxygen atoms in total. The third-order valence-electron chi connectivity index (χ3n) is 8.53. The lowest BCUT2D eigenvalue weighted by molar-refractivity contribution is 0.188. The number of likely N-dealkylation sites (N-methyl/N-ethyl adjacent to an activating group) is 1. The van der Waals surface area contributed by atoms with Gasteiger partial charge in [-0.2, -0.15) is 9.97 Å². The van der Waals surface area contributed by atoms with Gasteiger partial charge in [0.1, 0.15) is 23.6 Å². The zero-order valence-corrected chi connectivity index (χ0v) is 22.0. The van der Waals surface area contributed by atoms with Crippen molar-refractivity contribution in [3.05, 3.63) is 54.0 Å². The number of fused-ring (bicyclic) bond motifs is 4. The quantitative estimate of drug-likeness (QED) is 0.416. The van der Waals surface area contributed by atoms with E-state index < -0.39 is 5.82 Å². The number of piperazine rings is 1. The van der Waals surface area contributed by atoms with E-state index in [4.69, 9.17) is 9.72 Å². The summed E-state index contributed by atoms with van der Waals surface area (Å²) in [4.78, 5) is 18.7. The Morgan fingerprint density at radius 2 is 1.89 bits per heavy atom. The Morgan fingerprint density at radius 1 is 1.05 bits per heavy atom. The van der Waals surface area contributed by atoms with Crippen LogP contribution in [0.2, 0.25) is 0 Å². The monoisotopic (exact) mass is 512 g/mol. The second-order valence-corrected chi connectivity index (χ2v) is 11.2. The SMILES string of the molecule is Cc1ccc2c(-c3ncc4c(N5CC6CCC(C5)N6)nc(OC[C@@H]5CCCN5C)nc4c3F)cccc2c1. The van der Waals surface area contributed by atoms with E-state index in [1.165, 1.54) is 5.56 Å². The minimum atomic E-state index is -0.430. The molecule has 38 heavy (non-hydrogen) atoms. The highest BCUT2D eigenvalue weighted by molar-refractivity contribution is 5.99. The summed E-state index contributed by atoms with van der Waals surface area (Å²) in [6.07, 6.45) is 6.29. The number of pyridine rings is 1. The fourth-order valence-electron chi connectivity index (χ4n) is 6.46. The first-order chi connectivity index (χ1) is 18.5. The summed E-state index contributed by atoms with van der Waals surface area (Å²) in [6, 6.07) is 13.6. The highest BCUT2D eigenvalue weighted by atomic mass is 19.1. The van der Waals surface area contributed by atoms with Gasteiger partial charge in [0.25, 0.3) is 0 Å². The minimum Gasteiger partial charge on any atom is -0.462 e. The Labute approximate surface area is 222 Å². The number of anilines is 1. The Balaban J connectivity index is 1.34. The molecule has 196 valence electrons. The molecule has 8 heteroatoms. The van der Waals surface area contributed by atoms with Gasteiger partial charge in [0.05, 0.1) is 5.39 Å². The first-order valence-corrected chi connectivity index (χ1v) is 13.7. The average molecular weight is 513 g/mol. The molecular weight excluding hydrogens is 479 g/mol. The molecule has 1 N–H and O–H groups in total. The number of nitrogens with one attached hydrogen (secondary N) is 1. The molecule has 0 amide bonds. The van der Waals surface area contributed by atoms with E-state index in [2.05, 4.69) is 57.3 Å². The van der Waals surface area contributed by atoms with E-state index in [1.807, 2.05) is 18.2 Å². The summed E-state index contributed by atoms with van der Waals surface area (Å²) < 4.78 is 22.6. The molecule has 3 fully saturated rings. The van der Waals surface area contributed by atoms with Crippen LogP contribution in [0.25, 0.3) is 32.9 Å². The molecule has 0 radical (unpaired) electrons. The molecule has 3 aliphatic rings. The molecule has 7 rings (SSSR count). The number of benzene rings is 2. The Bertz CT molecular complexity index is 1510. The highest BCUT2D eigenvalue weighted by Gasteiger charge is 2.34. The number of nitrogens with zero attached hydrogens (tertiary/aromatic N) is 5. The number of rotatable bonds is 5. The molecule has 4 aromatic rings. The normalized spacial score (nSPS) is 23.6. The van der Waals surface area contributed by atoms with Crippen LogP contribution in [0.3, 0.4) is 0 Å². The van der Waals surface area contributed by atoms with Gasteiger partial charge in [0.15, 0.2) is 5.82 Å². The van der Waals surface area contributed by atoms with Crippen molar-refractivity contribution in [3.63, 3.8) is 0 Å². The van der Waals surface area contributed by atoms with Gasteiger partial charge in [-0.25, -0.2) is 4.39 Å². The number of halogens is 1. The van der Waals surface area contributed by atoms with Crippen LogP contribution in [0.5, 0.6) is 6.01 Å². The number of hydrogen-bond donors (Lipinski definition) is 1. The van der Waals surface area contributed by atoms with Crippen molar-refractivity contribution in [2.45, 2.75) is 50.7 Å². The van der Waals surface area contributed by atoms with Crippen molar-refractivity contribution < 1.29 is 9.13 Å². The van der Waals surface area contributed by atoms with Crippen molar-refractivity contribution in [3.8, 4) is 17.3 Å². The molecule has 3 atom stereocenters. The molecule has 0 spiro atoms. The fourth-order valence-corrected chi connectivity index (χ4v) is 6.46. The molecule has 2 bridgehead atoms. The number of aromatic nitrogens is 3. The lowest BCUT2D eigenvalue weighted by Gasteiger charge is -2.34. The topological polar surface area (TPSA) is 66.4 Å². The molecule has 5 heterocycles. The summed E-state index contributed by atoms with van der Waals surface area (Å²) >= 11 is 0. The molecule has 2 aromatic heterocycles. The minimum absolute atomic E-state index is 0.239. The van der Waals surface area contributed by atoms with Gasteiger partial charge in [-0.3, -0.25) is 4.98 Å². The smallest absolute Gasteiger partial charge is 0.319 e. The van der Waals surface area contributed by atoms with E-state index in [0.717, 1.165) is 67.5 Å². The summed E-state index contributed by atoms with van der Waals surface area (Å²) in [6.45, 7) is 5.29. The van der Waals surface area contributed by atoms with Crippen LogP contribution >= 0.6 is 0 Å². The predicted molar refractivity (Wildman–Crippen MR) is 148 cm³/mol. The highest BCUT2D eigenvalue weighted by Crippen LogP contribution is 2.36. The van der Waals surface area contributed by atoms with E-state index >= 15 is 4.39 Å². The first-order valence-electron chi connectivity index (χ1n) is 13.7. The Morgan fingerprint density at radius 3 is 2.68 bits per heavy atom. The third kappa shape index (κ3) is 4.16. The average Bonchev–Trinajstić information content (AvgIpc) is 3.50. The van der Waals surface area contributed by atoms with Crippen LogP contribution in [0.4, 0.5) is 10.2 Å². The van der Waals surface area contributed by atoms with Crippen LogP contribution in [0.1, 0.15) is 31.2 Å². The molecule has 2 unspecified atom stereocenters. The zero-order valence-electron chi connectivity index (χ0n) is 22.0. The van der Waals surface area contributed by atoms with E-state index in [0.29, 0.717) is 35.8 Å². The number of aryl methyl sites for hydroxylation is 1. The lowest BCUT2D eigenvalue weighted by Crippen LogP contribution is -2.51. The zero-order chi connectivity index (χ0) is 25.8. The summed E-state index contributed by atoms with van der Waals surface area (Å²) in [5.74, 6) is 0.287. The van der Waals surface area contributed by atoms with Gasteiger partial charge in [0, 0.05) is 43.0 Å². The summed E-state index contributed by atoms with van der Waals surface area (Å²) in [5, 5.41) is 6.34. The number of hydrogen-bond acceptors (Lipinski definition) is 7. The van der Waals surface area contributed by atoms with E-state index in [1.54, 1.807) is 6.20 Å². The van der Waals surface area contributed by atoms with Crippen LogP contribution in [0.15, 0.2) is 42.6 Å². The largest absolute Gasteiger partial charge is 0.462 e. The second-order valence-electron chi connectivity index (χ2n) is 11.2. The molecule has 0 saturated carbocycles. The van der Waals surface area contributed by atoms with Crippen molar-refractivity contribution >= 4 is 27.5 Å². The Hall–Kier alpha value is -3.36. The van der Waals surface area contributed by atoms with Crippen LogP contribution in [-0.2, 0) is 0 Å². The van der Waals surface area contributed by atoms with Crippen molar-refractivity contribution in [1.29, 1.82) is 0 Å². The van der Waals surface area contributed by atoms with Crippen LogP contribution < -0.4 is 15.0 Å². The molecular formula is C30H33FN6O. The summed E-state index contributed by atoms with van der Waals surface area (Å²) in [7, 11) is 2.12. The standard InChI is InChI=1S/C30H33FN6O/c1-18-8-11-23-19(13-18)5-3-7-24(23)27-26(31)28-25(14-32-27)29(37-15-20-9-10-21(16-37)33-20)35-30(34-28)38-17-22-6-4-12-36(22)2/h3,5,7-8,11,13-14,20-22,33H,4,6,9-10,12,15-17H2,1-2H3/t20?,21?,22-/m0/s1. The first kappa shape index (κ1) is 23.7. The van der Waals surface area contributed by atoms with Gasteiger partial charge in [0.2, 0.25) is 0 Å². The van der Waals surface area contributed by atoms with E-state index in [9.17, 15) is 0 Å². The Kier molecular flexibility index (Phi) is 5.89. The maximum Gasteiger partial charge on any atom is 0.319 e. The predicted octanol–water partition coefficient (Wildman–Crippen LogP) is 4.71. The van der Waals surface area contributed by atoms with Gasteiger partial charge in [-0.05, 0) is 57.0 Å². The fraction of sp³-hybridized carbons (Fsp3) is 0.433. The van der Waals surface area contributed by atoms with Gasteiger partial charge >= 0.3 is 6.01 Å². The lowest BCUT2D eigenvalue weighted by atomic mass is 9.99. The van der Waals surface area contributed by atoms with Gasteiger partial charge in [-0.15, -0.1) is 0 Å². The van der Waals surface area contributed by atoms with Gasteiger partial charge < -0.3 is 19.9 Å². The molecule has 0 aliphatic carbocycles. The number of ether oxygens (including phenoxy) is 1. The maximum absolute atomic E-state index is 16.4. The van der Waals surface area contributed by atoms with E-state index in [-0.39, 0.29) is 11.5 Å². The summed E-state index contributed by atoms with van der Waals surface area (Å²) in [5.41, 5.74) is 2.50. The van der Waals surface area contributed by atoms with Crippen molar-refractivity contribution in [1.82, 2.24) is 25.2 Å². The molecule has 2 aromatic carbocycles. The van der Waals surface area contributed by atoms with Gasteiger partial charge in [-0.1, -0.05) is 42.0 Å². The molecule has 3 saturated heterocycles. The maximum atomic E-state index is 16.4. The molecule has 3 aliphatic heterocycles. The van der Waals surface area contributed by atoms with Crippen LogP contribution in [0, 0.1) is 12.7 Å².